The zero-order valence-electron chi connectivity index (χ0n) is 8.92. The van der Waals surface area contributed by atoms with Crippen LogP contribution in [0.2, 0.25) is 0 Å². The molecule has 0 aromatic rings. The summed E-state index contributed by atoms with van der Waals surface area (Å²) in [6.45, 7) is 0.871. The number of rotatable bonds is 3. The summed E-state index contributed by atoms with van der Waals surface area (Å²) in [4.78, 5) is 12.3. The van der Waals surface area contributed by atoms with E-state index in [0.717, 1.165) is 4.90 Å². The number of halogens is 3. The number of amides is 1. The van der Waals surface area contributed by atoms with Gasteiger partial charge in [-0.05, 0) is 6.92 Å². The molecule has 1 heterocycles. The van der Waals surface area contributed by atoms with Crippen molar-refractivity contribution in [3.8, 4) is 0 Å². The summed E-state index contributed by atoms with van der Waals surface area (Å²) < 4.78 is 46.5. The topological polar surface area (TPSA) is 38.8 Å². The van der Waals surface area contributed by atoms with Crippen LogP contribution in [0, 0.1) is 0 Å². The quantitative estimate of drug-likeness (QED) is 0.734. The summed E-state index contributed by atoms with van der Waals surface area (Å²) in [7, 11) is 0. The fraction of sp³-hybridized carbons (Fsp3) is 0.889. The molecule has 1 rings (SSSR count). The van der Waals surface area contributed by atoms with E-state index in [1.54, 1.807) is 0 Å². The van der Waals surface area contributed by atoms with Crippen molar-refractivity contribution in [3.05, 3.63) is 0 Å². The summed E-state index contributed by atoms with van der Waals surface area (Å²) in [5.41, 5.74) is 0. The van der Waals surface area contributed by atoms with Gasteiger partial charge in [-0.25, -0.2) is 0 Å². The van der Waals surface area contributed by atoms with Gasteiger partial charge in [0.2, 0.25) is 0 Å². The Morgan fingerprint density at radius 3 is 2.56 bits per heavy atom. The highest BCUT2D eigenvalue weighted by atomic mass is 19.4. The predicted octanol–water partition coefficient (Wildman–Crippen LogP) is 0.813. The SMILES string of the molecule is CCN(CC(F)(F)F)C(=O)C1COCCO1. The van der Waals surface area contributed by atoms with Gasteiger partial charge in [0, 0.05) is 6.54 Å². The first-order valence-electron chi connectivity index (χ1n) is 4.99. The standard InChI is InChI=1S/C9H14F3NO3/c1-2-13(6-9(10,11)12)8(14)7-5-15-3-4-16-7/h7H,2-6H2,1H3. The molecule has 0 aliphatic carbocycles. The number of carbonyl (C=O) groups is 1. The average Bonchev–Trinajstić information content (AvgIpc) is 2.25. The monoisotopic (exact) mass is 241 g/mol. The van der Waals surface area contributed by atoms with Crippen molar-refractivity contribution in [2.45, 2.75) is 19.2 Å². The summed E-state index contributed by atoms with van der Waals surface area (Å²) in [6, 6.07) is 0. The second kappa shape index (κ2) is 5.49. The van der Waals surface area contributed by atoms with Crippen molar-refractivity contribution < 1.29 is 27.4 Å². The van der Waals surface area contributed by atoms with Gasteiger partial charge >= 0.3 is 6.18 Å². The molecule has 1 aliphatic rings. The lowest BCUT2D eigenvalue weighted by Crippen LogP contribution is -2.48. The van der Waals surface area contributed by atoms with E-state index < -0.39 is 24.7 Å². The van der Waals surface area contributed by atoms with E-state index in [1.807, 2.05) is 0 Å². The third-order valence-corrected chi connectivity index (χ3v) is 2.15. The molecule has 1 saturated heterocycles. The third kappa shape index (κ3) is 3.97. The number of likely N-dealkylation sites (N-methyl/N-ethyl adjacent to an activating group) is 1. The highest BCUT2D eigenvalue weighted by Crippen LogP contribution is 2.17. The predicted molar refractivity (Wildman–Crippen MR) is 48.9 cm³/mol. The van der Waals surface area contributed by atoms with Crippen molar-refractivity contribution in [2.75, 3.05) is 32.9 Å². The van der Waals surface area contributed by atoms with Crippen molar-refractivity contribution in [3.63, 3.8) is 0 Å². The number of alkyl halides is 3. The minimum atomic E-state index is -4.39. The molecule has 16 heavy (non-hydrogen) atoms. The van der Waals surface area contributed by atoms with Crippen LogP contribution in [0.1, 0.15) is 6.92 Å². The molecule has 94 valence electrons. The van der Waals surface area contributed by atoms with E-state index in [2.05, 4.69) is 0 Å². The first-order chi connectivity index (χ1) is 7.44. The molecule has 1 amide bonds. The minimum absolute atomic E-state index is 0.00178. The number of carbonyl (C=O) groups excluding carboxylic acids is 1. The Morgan fingerprint density at radius 2 is 2.12 bits per heavy atom. The third-order valence-electron chi connectivity index (χ3n) is 2.15. The number of hydrogen-bond donors (Lipinski definition) is 0. The van der Waals surface area contributed by atoms with Crippen LogP contribution in [0.15, 0.2) is 0 Å². The number of nitrogens with zero attached hydrogens (tertiary/aromatic N) is 1. The lowest BCUT2D eigenvalue weighted by molar-refractivity contribution is -0.176. The van der Waals surface area contributed by atoms with Crippen molar-refractivity contribution >= 4 is 5.91 Å². The largest absolute Gasteiger partial charge is 0.406 e. The van der Waals surface area contributed by atoms with Crippen LogP contribution in [0.25, 0.3) is 0 Å². The molecule has 0 aromatic heterocycles. The van der Waals surface area contributed by atoms with Crippen molar-refractivity contribution in [2.24, 2.45) is 0 Å². The molecule has 1 aliphatic heterocycles. The van der Waals surface area contributed by atoms with Crippen LogP contribution >= 0.6 is 0 Å². The molecular formula is C9H14F3NO3. The van der Waals surface area contributed by atoms with E-state index in [0.29, 0.717) is 6.61 Å². The van der Waals surface area contributed by atoms with Crippen LogP contribution in [-0.2, 0) is 14.3 Å². The Morgan fingerprint density at radius 1 is 1.44 bits per heavy atom. The molecular weight excluding hydrogens is 227 g/mol. The summed E-state index contributed by atoms with van der Waals surface area (Å²) in [5, 5.41) is 0. The lowest BCUT2D eigenvalue weighted by atomic mass is 10.3. The first-order valence-corrected chi connectivity index (χ1v) is 4.99. The maximum absolute atomic E-state index is 12.2. The summed E-state index contributed by atoms with van der Waals surface area (Å²) >= 11 is 0. The Balaban J connectivity index is 2.54. The molecule has 4 nitrogen and oxygen atoms in total. The van der Waals surface area contributed by atoms with E-state index >= 15 is 0 Å². The van der Waals surface area contributed by atoms with Gasteiger partial charge in [0.15, 0.2) is 6.10 Å². The lowest BCUT2D eigenvalue weighted by Gasteiger charge is -2.29. The van der Waals surface area contributed by atoms with Gasteiger partial charge in [-0.2, -0.15) is 13.2 Å². The summed E-state index contributed by atoms with van der Waals surface area (Å²) in [6.07, 6.45) is -5.29. The zero-order valence-corrected chi connectivity index (χ0v) is 8.92. The minimum Gasteiger partial charge on any atom is -0.376 e. The second-order valence-electron chi connectivity index (χ2n) is 3.40. The Hall–Kier alpha value is -0.820. The molecule has 1 unspecified atom stereocenters. The molecule has 0 bridgehead atoms. The van der Waals surface area contributed by atoms with Crippen LogP contribution in [0.3, 0.4) is 0 Å². The van der Waals surface area contributed by atoms with Crippen LogP contribution < -0.4 is 0 Å². The Kier molecular flexibility index (Phi) is 4.55. The zero-order chi connectivity index (χ0) is 12.2. The molecule has 0 radical (unpaired) electrons. The molecule has 0 saturated carbocycles. The smallest absolute Gasteiger partial charge is 0.376 e. The van der Waals surface area contributed by atoms with E-state index in [9.17, 15) is 18.0 Å². The molecule has 7 heteroatoms. The summed E-state index contributed by atoms with van der Waals surface area (Å²) in [5.74, 6) is -0.667. The van der Waals surface area contributed by atoms with Crippen molar-refractivity contribution in [1.82, 2.24) is 4.90 Å². The fourth-order valence-electron chi connectivity index (χ4n) is 1.40. The molecule has 0 spiro atoms. The van der Waals surface area contributed by atoms with Gasteiger partial charge in [0.25, 0.3) is 5.91 Å². The maximum Gasteiger partial charge on any atom is 0.406 e. The van der Waals surface area contributed by atoms with Gasteiger partial charge in [-0.3, -0.25) is 4.79 Å². The van der Waals surface area contributed by atoms with E-state index in [1.165, 1.54) is 6.92 Å². The van der Waals surface area contributed by atoms with Crippen LogP contribution in [0.4, 0.5) is 13.2 Å². The molecule has 1 fully saturated rings. The van der Waals surface area contributed by atoms with Crippen LogP contribution in [-0.4, -0.2) is 56.0 Å². The van der Waals surface area contributed by atoms with Gasteiger partial charge in [0.05, 0.1) is 19.8 Å². The van der Waals surface area contributed by atoms with Gasteiger partial charge in [-0.1, -0.05) is 0 Å². The van der Waals surface area contributed by atoms with E-state index in [4.69, 9.17) is 9.47 Å². The van der Waals surface area contributed by atoms with Crippen LogP contribution in [0.5, 0.6) is 0 Å². The first kappa shape index (κ1) is 13.2. The van der Waals surface area contributed by atoms with Gasteiger partial charge in [-0.15, -0.1) is 0 Å². The average molecular weight is 241 g/mol. The maximum atomic E-state index is 12.2. The molecule has 1 atom stereocenters. The molecule has 0 N–H and O–H groups in total. The van der Waals surface area contributed by atoms with Gasteiger partial charge in [0.1, 0.15) is 6.54 Å². The Bertz CT molecular complexity index is 239. The Labute approximate surface area is 91.3 Å². The second-order valence-corrected chi connectivity index (χ2v) is 3.40. The van der Waals surface area contributed by atoms with E-state index in [-0.39, 0.29) is 19.8 Å². The highest BCUT2D eigenvalue weighted by molar-refractivity contribution is 5.81. The number of hydrogen-bond acceptors (Lipinski definition) is 3. The number of ether oxygens (including phenoxy) is 2. The molecule has 0 aromatic carbocycles. The normalized spacial score (nSPS) is 21.9. The van der Waals surface area contributed by atoms with Gasteiger partial charge < -0.3 is 14.4 Å². The fourth-order valence-corrected chi connectivity index (χ4v) is 1.40. The van der Waals surface area contributed by atoms with Crippen molar-refractivity contribution in [1.29, 1.82) is 0 Å². The highest BCUT2D eigenvalue weighted by Gasteiger charge is 2.35.